The van der Waals surface area contributed by atoms with Crippen LogP contribution in [0.25, 0.3) is 0 Å². The standard InChI is InChI=1S/C72H133O24P/c1-5-8-11-14-17-19-21-23-25-27-29-35-41-46-57(75)89-51-55-60(78)62(80)67(85)72(93-55)95-69-65(83)63(81)64(82)68(94-71-66(84)61(79)59(77)54(48-73)92-71)70(69)96-97(86,87)90-50-53(91-58(76)47-42-37-30-28-26-24-22-20-18-15-12-9-6-2)49-88-56(74)45-40-36-32-31-34-39-44-52(4)43-38-33-16-13-10-7-3/h24,26,52-55,59-73,77-85H,5-23,25,27-51H2,1-4H3,(H,86,87)/b26-24-. The average Bonchev–Trinajstić information content (AvgIpc) is 0.766. The van der Waals surface area contributed by atoms with E-state index in [0.717, 1.165) is 89.9 Å². The van der Waals surface area contributed by atoms with E-state index in [2.05, 4.69) is 39.8 Å². The molecule has 0 radical (unpaired) electrons. The van der Waals surface area contributed by atoms with Crippen LogP contribution in [0.1, 0.15) is 291 Å². The molecule has 570 valence electrons. The molecule has 0 aromatic rings. The van der Waals surface area contributed by atoms with Gasteiger partial charge in [-0.1, -0.05) is 239 Å². The summed E-state index contributed by atoms with van der Waals surface area (Å²) >= 11 is 0. The highest BCUT2D eigenvalue weighted by atomic mass is 31.2. The number of aliphatic hydroxyl groups is 10. The average molecular weight is 1410 g/mol. The summed E-state index contributed by atoms with van der Waals surface area (Å²) in [6.45, 7) is 5.75. The quantitative estimate of drug-likeness (QED) is 0.00886. The van der Waals surface area contributed by atoms with E-state index >= 15 is 0 Å². The topological polar surface area (TPSA) is 374 Å². The van der Waals surface area contributed by atoms with Gasteiger partial charge in [-0.25, -0.2) is 4.57 Å². The van der Waals surface area contributed by atoms with Crippen LogP contribution in [0.5, 0.6) is 0 Å². The summed E-state index contributed by atoms with van der Waals surface area (Å²) < 4.78 is 65.0. The zero-order chi connectivity index (χ0) is 71.2. The third-order valence-corrected chi connectivity index (χ3v) is 19.9. The smallest absolute Gasteiger partial charge is 0.463 e. The first-order valence-electron chi connectivity index (χ1n) is 37.9. The van der Waals surface area contributed by atoms with Crippen molar-refractivity contribution in [2.75, 3.05) is 26.4 Å². The van der Waals surface area contributed by atoms with Gasteiger partial charge in [-0.05, 0) is 50.9 Å². The van der Waals surface area contributed by atoms with Crippen molar-refractivity contribution in [3.63, 3.8) is 0 Å². The van der Waals surface area contributed by atoms with Crippen LogP contribution in [-0.4, -0.2) is 204 Å². The van der Waals surface area contributed by atoms with Gasteiger partial charge >= 0.3 is 25.7 Å². The number of carbonyl (C=O) groups is 3. The first-order valence-corrected chi connectivity index (χ1v) is 39.4. The summed E-state index contributed by atoms with van der Waals surface area (Å²) in [6.07, 6.45) is 10.1. The molecule has 0 spiro atoms. The molecular weight excluding hydrogens is 1280 g/mol. The van der Waals surface area contributed by atoms with E-state index in [1.807, 2.05) is 0 Å². The van der Waals surface area contributed by atoms with Crippen LogP contribution < -0.4 is 0 Å². The maximum atomic E-state index is 14.3. The number of phosphoric ester groups is 1. The molecule has 2 saturated heterocycles. The Hall–Kier alpha value is -2.30. The minimum absolute atomic E-state index is 0.0312. The molecule has 1 saturated carbocycles. The summed E-state index contributed by atoms with van der Waals surface area (Å²) in [6, 6.07) is 0. The molecule has 3 aliphatic rings. The van der Waals surface area contributed by atoms with Gasteiger partial charge in [-0.3, -0.25) is 23.4 Å². The molecule has 2 aliphatic heterocycles. The van der Waals surface area contributed by atoms with Gasteiger partial charge in [0.15, 0.2) is 18.7 Å². The molecule has 2 heterocycles. The molecule has 19 atom stereocenters. The van der Waals surface area contributed by atoms with Crippen molar-refractivity contribution in [3.05, 3.63) is 12.2 Å². The predicted molar refractivity (Wildman–Crippen MR) is 365 cm³/mol. The van der Waals surface area contributed by atoms with Gasteiger partial charge in [0.1, 0.15) is 98.7 Å². The van der Waals surface area contributed by atoms with E-state index in [1.165, 1.54) is 128 Å². The number of aliphatic hydroxyl groups excluding tert-OH is 10. The second-order valence-corrected chi connectivity index (χ2v) is 29.0. The lowest BCUT2D eigenvalue weighted by molar-refractivity contribution is -0.360. The molecule has 0 amide bonds. The van der Waals surface area contributed by atoms with Crippen LogP contribution >= 0.6 is 7.82 Å². The zero-order valence-electron chi connectivity index (χ0n) is 59.5. The first kappa shape index (κ1) is 88.9. The number of esters is 3. The molecule has 97 heavy (non-hydrogen) atoms. The molecule has 25 heteroatoms. The van der Waals surface area contributed by atoms with Crippen molar-refractivity contribution < 1.29 is 117 Å². The zero-order valence-corrected chi connectivity index (χ0v) is 60.4. The van der Waals surface area contributed by atoms with Crippen molar-refractivity contribution >= 4 is 25.7 Å². The fraction of sp³-hybridized carbons (Fsp3) is 0.931. The minimum atomic E-state index is -5.70. The van der Waals surface area contributed by atoms with E-state index in [4.69, 9.17) is 42.2 Å². The van der Waals surface area contributed by atoms with E-state index in [-0.39, 0.29) is 19.3 Å². The molecule has 1 aliphatic carbocycles. The molecule has 11 N–H and O–H groups in total. The molecule has 19 unspecified atom stereocenters. The third-order valence-electron chi connectivity index (χ3n) is 18.9. The van der Waals surface area contributed by atoms with E-state index in [9.17, 15) is 74.9 Å². The van der Waals surface area contributed by atoms with Gasteiger partial charge in [0.25, 0.3) is 0 Å². The van der Waals surface area contributed by atoms with Crippen molar-refractivity contribution in [2.45, 2.75) is 395 Å². The summed E-state index contributed by atoms with van der Waals surface area (Å²) in [5.74, 6) is -1.31. The highest BCUT2D eigenvalue weighted by molar-refractivity contribution is 7.47. The minimum Gasteiger partial charge on any atom is -0.463 e. The lowest BCUT2D eigenvalue weighted by Crippen LogP contribution is -2.69. The van der Waals surface area contributed by atoms with E-state index in [0.29, 0.717) is 31.6 Å². The Labute approximate surface area is 580 Å². The monoisotopic (exact) mass is 1410 g/mol. The molecule has 0 aromatic heterocycles. The SMILES string of the molecule is CCCCCCCC/C=C\CCCCCC(=O)OC(COC(=O)CCCCCCCCC(C)CCCCCCCC)COP(=O)(O)OC1C(OC2OC(CO)C(O)C(O)C2O)C(O)C(O)C(O)C1OC1OC(COC(=O)CCCCCCCCCCCCCCC)C(O)C(O)C1O. The highest BCUT2D eigenvalue weighted by Gasteiger charge is 2.58. The maximum Gasteiger partial charge on any atom is 0.472 e. The van der Waals surface area contributed by atoms with Gasteiger partial charge in [0.2, 0.25) is 0 Å². The Balaban J connectivity index is 1.75. The Bertz CT molecular complexity index is 2080. The van der Waals surface area contributed by atoms with Crippen LogP contribution in [0.2, 0.25) is 0 Å². The second kappa shape index (κ2) is 53.5. The van der Waals surface area contributed by atoms with Crippen molar-refractivity contribution in [2.24, 2.45) is 5.92 Å². The number of carbonyl (C=O) groups excluding carboxylic acids is 3. The molecule has 3 rings (SSSR count). The molecule has 0 bridgehead atoms. The third kappa shape index (κ3) is 37.1. The fourth-order valence-corrected chi connectivity index (χ4v) is 13.6. The highest BCUT2D eigenvalue weighted by Crippen LogP contribution is 2.49. The van der Waals surface area contributed by atoms with Crippen LogP contribution in [0.4, 0.5) is 0 Å². The molecule has 0 aromatic carbocycles. The van der Waals surface area contributed by atoms with Crippen LogP contribution in [0, 0.1) is 5.92 Å². The van der Waals surface area contributed by atoms with Crippen molar-refractivity contribution in [1.29, 1.82) is 0 Å². The van der Waals surface area contributed by atoms with Gasteiger partial charge in [0.05, 0.1) is 13.2 Å². The van der Waals surface area contributed by atoms with Gasteiger partial charge < -0.3 is 89.1 Å². The Morgan fingerprint density at radius 3 is 1.23 bits per heavy atom. The Kier molecular flexibility index (Phi) is 49.0. The lowest BCUT2D eigenvalue weighted by Gasteiger charge is -2.49. The predicted octanol–water partition coefficient (Wildman–Crippen LogP) is 10.2. The normalized spacial score (nSPS) is 28.2. The number of hydrogen-bond acceptors (Lipinski definition) is 23. The summed E-state index contributed by atoms with van der Waals surface area (Å²) in [4.78, 5) is 51.0. The van der Waals surface area contributed by atoms with E-state index in [1.54, 1.807) is 0 Å². The van der Waals surface area contributed by atoms with Gasteiger partial charge in [-0.15, -0.1) is 0 Å². The van der Waals surface area contributed by atoms with Crippen molar-refractivity contribution in [1.82, 2.24) is 0 Å². The number of unbranched alkanes of at least 4 members (excludes halogenated alkanes) is 31. The van der Waals surface area contributed by atoms with Crippen molar-refractivity contribution in [3.8, 4) is 0 Å². The van der Waals surface area contributed by atoms with Crippen LogP contribution in [-0.2, 0) is 61.2 Å². The Morgan fingerprint density at radius 2 is 0.784 bits per heavy atom. The van der Waals surface area contributed by atoms with Crippen LogP contribution in [0.3, 0.4) is 0 Å². The number of ether oxygens (including phenoxy) is 7. The second-order valence-electron chi connectivity index (χ2n) is 27.6. The number of phosphoric acid groups is 1. The largest absolute Gasteiger partial charge is 0.472 e. The summed E-state index contributed by atoms with van der Waals surface area (Å²) in [5, 5.41) is 110. The molecular formula is C72H133O24P. The number of allylic oxidation sites excluding steroid dienone is 2. The summed E-state index contributed by atoms with van der Waals surface area (Å²) in [7, 11) is -5.70. The molecule has 24 nitrogen and oxygen atoms in total. The van der Waals surface area contributed by atoms with Gasteiger partial charge in [-0.2, -0.15) is 0 Å². The Morgan fingerprint density at radius 1 is 0.423 bits per heavy atom. The first-order chi connectivity index (χ1) is 46.7. The number of rotatable bonds is 58. The summed E-state index contributed by atoms with van der Waals surface area (Å²) in [5.41, 5.74) is 0. The molecule has 3 fully saturated rings. The fourth-order valence-electron chi connectivity index (χ4n) is 12.6. The van der Waals surface area contributed by atoms with Crippen LogP contribution in [0.15, 0.2) is 12.2 Å². The maximum absolute atomic E-state index is 14.3. The lowest BCUT2D eigenvalue weighted by atomic mass is 9.84. The van der Waals surface area contributed by atoms with Gasteiger partial charge in [0, 0.05) is 19.3 Å². The van der Waals surface area contributed by atoms with E-state index < -0.39 is 156 Å². The number of hydrogen-bond donors (Lipinski definition) is 11.